The van der Waals surface area contributed by atoms with E-state index in [-0.39, 0.29) is 5.41 Å². The summed E-state index contributed by atoms with van der Waals surface area (Å²) in [5.74, 6) is 0. The Hall–Kier alpha value is -1.38. The van der Waals surface area contributed by atoms with Crippen LogP contribution in [0, 0.1) is 0 Å². The molecule has 0 aliphatic heterocycles. The summed E-state index contributed by atoms with van der Waals surface area (Å²) < 4.78 is 0. The van der Waals surface area contributed by atoms with Crippen molar-refractivity contribution in [1.82, 2.24) is 0 Å². The van der Waals surface area contributed by atoms with E-state index in [9.17, 15) is 0 Å². The Morgan fingerprint density at radius 1 is 0.962 bits per heavy atom. The normalized spacial score (nSPS) is 20.9. The molecule has 2 aliphatic rings. The fourth-order valence-corrected chi connectivity index (χ4v) is 5.96. The predicted octanol–water partition coefficient (Wildman–Crippen LogP) is 6.67. The van der Waals surface area contributed by atoms with Crippen molar-refractivity contribution in [1.29, 1.82) is 0 Å². The largest absolute Gasteiger partial charge is 0.0842 e. The number of alkyl halides is 1. The van der Waals surface area contributed by atoms with Gasteiger partial charge in [-0.2, -0.15) is 0 Å². The molecule has 0 spiro atoms. The van der Waals surface area contributed by atoms with Crippen molar-refractivity contribution < 1.29 is 0 Å². The second-order valence-corrected chi connectivity index (χ2v) is 15.4. The van der Waals surface area contributed by atoms with Crippen LogP contribution in [0.3, 0.4) is 0 Å². The summed E-state index contributed by atoms with van der Waals surface area (Å²) in [4.78, 5) is 0.461. The van der Waals surface area contributed by atoms with E-state index in [4.69, 9.17) is 0 Å². The van der Waals surface area contributed by atoms with Gasteiger partial charge in [0.15, 0.2) is 0 Å². The van der Waals surface area contributed by atoms with Gasteiger partial charge in [0.1, 0.15) is 0 Å². The monoisotopic (exact) mass is 422 g/mol. The zero-order valence-corrected chi connectivity index (χ0v) is 18.9. The van der Waals surface area contributed by atoms with Gasteiger partial charge in [-0.1, -0.05) is 109 Å². The Balaban J connectivity index is 1.75. The van der Waals surface area contributed by atoms with Crippen LogP contribution in [-0.2, 0) is 5.41 Å². The summed E-state index contributed by atoms with van der Waals surface area (Å²) in [6.45, 7) is 12.0. The number of hydrogen-bond acceptors (Lipinski definition) is 0. The fourth-order valence-electron chi connectivity index (χ4n) is 4.32. The summed E-state index contributed by atoms with van der Waals surface area (Å²) in [6.07, 6.45) is 5.70. The van der Waals surface area contributed by atoms with Gasteiger partial charge in [0, 0.05) is 10.2 Å². The van der Waals surface area contributed by atoms with E-state index in [1.54, 1.807) is 5.57 Å². The van der Waals surface area contributed by atoms with E-state index in [1.165, 1.54) is 33.0 Å². The maximum Gasteiger partial charge on any atom is 0.0775 e. The lowest BCUT2D eigenvalue weighted by Crippen LogP contribution is -2.37. The van der Waals surface area contributed by atoms with Gasteiger partial charge in [0.05, 0.1) is 8.07 Å². The van der Waals surface area contributed by atoms with Crippen LogP contribution < -0.4 is 5.19 Å². The van der Waals surface area contributed by atoms with Gasteiger partial charge in [-0.25, -0.2) is 0 Å². The molecule has 4 rings (SSSR count). The van der Waals surface area contributed by atoms with E-state index < -0.39 is 8.07 Å². The van der Waals surface area contributed by atoms with Crippen LogP contribution >= 0.6 is 15.9 Å². The van der Waals surface area contributed by atoms with Crippen LogP contribution in [0.2, 0.25) is 19.6 Å². The van der Waals surface area contributed by atoms with E-state index >= 15 is 0 Å². The molecule has 2 aromatic carbocycles. The van der Waals surface area contributed by atoms with Gasteiger partial charge in [-0.05, 0) is 40.3 Å². The van der Waals surface area contributed by atoms with Gasteiger partial charge in [0.2, 0.25) is 0 Å². The molecular formula is C24H27BrSi. The lowest BCUT2D eigenvalue weighted by Gasteiger charge is -2.27. The minimum atomic E-state index is -1.24. The van der Waals surface area contributed by atoms with Crippen molar-refractivity contribution >= 4 is 34.8 Å². The Labute approximate surface area is 167 Å². The fraction of sp³-hybridized carbons (Fsp3) is 0.333. The van der Waals surface area contributed by atoms with Crippen molar-refractivity contribution in [3.63, 3.8) is 0 Å². The summed E-state index contributed by atoms with van der Waals surface area (Å²) >= 11 is 3.78. The van der Waals surface area contributed by atoms with Crippen LogP contribution in [0.25, 0.3) is 16.7 Å². The zero-order chi connectivity index (χ0) is 18.7. The zero-order valence-electron chi connectivity index (χ0n) is 16.4. The Morgan fingerprint density at radius 2 is 1.62 bits per heavy atom. The van der Waals surface area contributed by atoms with Gasteiger partial charge in [0.25, 0.3) is 0 Å². The predicted molar refractivity (Wildman–Crippen MR) is 121 cm³/mol. The topological polar surface area (TPSA) is 0 Å². The molecule has 0 bridgehead atoms. The first-order valence-corrected chi connectivity index (χ1v) is 13.9. The minimum Gasteiger partial charge on any atom is -0.0842 e. The highest BCUT2D eigenvalue weighted by molar-refractivity contribution is 9.09. The smallest absolute Gasteiger partial charge is 0.0775 e. The molecule has 1 atom stereocenters. The van der Waals surface area contributed by atoms with Gasteiger partial charge in [-0.15, -0.1) is 0 Å². The highest BCUT2D eigenvalue weighted by atomic mass is 79.9. The second-order valence-electron chi connectivity index (χ2n) is 9.18. The Bertz CT molecular complexity index is 924. The quantitative estimate of drug-likeness (QED) is 0.374. The molecule has 0 saturated carbocycles. The number of halogens is 1. The van der Waals surface area contributed by atoms with E-state index in [0.29, 0.717) is 4.83 Å². The van der Waals surface area contributed by atoms with Gasteiger partial charge < -0.3 is 0 Å². The molecule has 2 aromatic rings. The highest BCUT2D eigenvalue weighted by Crippen LogP contribution is 2.51. The molecule has 0 heterocycles. The number of hydrogen-bond donors (Lipinski definition) is 0. The van der Waals surface area contributed by atoms with Crippen LogP contribution in [0.5, 0.6) is 0 Å². The Morgan fingerprint density at radius 3 is 2.27 bits per heavy atom. The van der Waals surface area contributed by atoms with Gasteiger partial charge >= 0.3 is 0 Å². The molecule has 0 saturated heterocycles. The first kappa shape index (κ1) is 18.0. The lowest BCUT2D eigenvalue weighted by atomic mass is 9.78. The second kappa shape index (κ2) is 6.07. The maximum absolute atomic E-state index is 3.78. The number of fused-ring (bicyclic) bond motifs is 2. The third-order valence-corrected chi connectivity index (χ3v) is 8.71. The maximum atomic E-state index is 3.78. The van der Waals surface area contributed by atoms with Crippen molar-refractivity contribution in [3.8, 4) is 11.1 Å². The molecule has 0 fully saturated rings. The first-order valence-electron chi connectivity index (χ1n) is 9.49. The number of rotatable bonds is 2. The number of allylic oxidation sites excluding steroid dienone is 4. The number of benzene rings is 2. The summed E-state index contributed by atoms with van der Waals surface area (Å²) in [5.41, 5.74) is 8.67. The molecule has 26 heavy (non-hydrogen) atoms. The third-order valence-electron chi connectivity index (χ3n) is 6.02. The molecule has 0 radical (unpaired) electrons. The Kier molecular flexibility index (Phi) is 4.20. The molecule has 1 unspecified atom stereocenters. The molecule has 2 aliphatic carbocycles. The standard InChI is InChI=1S/C24H27BrSi/c1-24(2)22-14-17(16-6-10-19(11-7-16)26(3,4)5)8-12-20(22)21-13-9-18(25)15-23(21)24/h6-14,18H,15H2,1-5H3. The van der Waals surface area contributed by atoms with E-state index in [2.05, 4.69) is 104 Å². The van der Waals surface area contributed by atoms with Crippen LogP contribution in [0.1, 0.15) is 31.4 Å². The molecule has 0 N–H and O–H groups in total. The summed E-state index contributed by atoms with van der Waals surface area (Å²) in [7, 11) is -1.24. The third kappa shape index (κ3) is 2.88. The van der Waals surface area contributed by atoms with Crippen LogP contribution in [-0.4, -0.2) is 12.9 Å². The van der Waals surface area contributed by atoms with Crippen molar-refractivity contribution in [2.75, 3.05) is 0 Å². The molecule has 0 nitrogen and oxygen atoms in total. The van der Waals surface area contributed by atoms with E-state index in [1.807, 2.05) is 0 Å². The minimum absolute atomic E-state index is 0.107. The van der Waals surface area contributed by atoms with Crippen molar-refractivity contribution in [2.45, 2.75) is 50.2 Å². The molecule has 0 amide bonds. The molecule has 2 heteroatoms. The van der Waals surface area contributed by atoms with Crippen molar-refractivity contribution in [3.05, 3.63) is 71.3 Å². The first-order chi connectivity index (χ1) is 12.2. The highest BCUT2D eigenvalue weighted by Gasteiger charge is 2.38. The summed E-state index contributed by atoms with van der Waals surface area (Å²) in [5, 5.41) is 1.52. The van der Waals surface area contributed by atoms with Crippen LogP contribution in [0.4, 0.5) is 0 Å². The SMILES string of the molecule is CC1(C)C2=C(C=CC(Br)C2)c2ccc(-c3ccc([Si](C)(C)C)cc3)cc21. The van der Waals surface area contributed by atoms with E-state index in [0.717, 1.165) is 6.42 Å². The van der Waals surface area contributed by atoms with Crippen molar-refractivity contribution in [2.24, 2.45) is 0 Å². The molecular weight excluding hydrogens is 396 g/mol. The molecule has 134 valence electrons. The average Bonchev–Trinajstić information content (AvgIpc) is 2.81. The molecule has 0 aromatic heterocycles. The lowest BCUT2D eigenvalue weighted by molar-refractivity contribution is 0.611. The van der Waals surface area contributed by atoms with Gasteiger partial charge in [-0.3, -0.25) is 0 Å². The average molecular weight is 423 g/mol. The summed E-state index contributed by atoms with van der Waals surface area (Å²) in [6, 6.07) is 16.3. The van der Waals surface area contributed by atoms with Crippen LogP contribution in [0.15, 0.2) is 60.2 Å².